The van der Waals surface area contributed by atoms with Crippen molar-refractivity contribution >= 4 is 23.7 Å². The lowest BCUT2D eigenvalue weighted by atomic mass is 10.0. The molecular formula is C42H82O4S. The second-order valence-corrected chi connectivity index (χ2v) is 15.4. The van der Waals surface area contributed by atoms with Crippen LogP contribution in [-0.4, -0.2) is 36.7 Å². The van der Waals surface area contributed by atoms with Crippen LogP contribution in [0, 0.1) is 0 Å². The lowest BCUT2D eigenvalue weighted by molar-refractivity contribution is -0.144. The van der Waals surface area contributed by atoms with E-state index in [1.807, 2.05) is 11.8 Å². The van der Waals surface area contributed by atoms with E-state index in [0.717, 1.165) is 50.0 Å². The van der Waals surface area contributed by atoms with Gasteiger partial charge in [-0.15, -0.1) is 0 Å². The lowest BCUT2D eigenvalue weighted by Crippen LogP contribution is -2.06. The molecule has 0 aliphatic carbocycles. The van der Waals surface area contributed by atoms with Gasteiger partial charge in [0.2, 0.25) is 0 Å². The molecule has 0 aliphatic heterocycles. The van der Waals surface area contributed by atoms with E-state index in [4.69, 9.17) is 9.47 Å². The molecule has 0 atom stereocenters. The van der Waals surface area contributed by atoms with Gasteiger partial charge in [0.05, 0.1) is 13.2 Å². The van der Waals surface area contributed by atoms with Crippen LogP contribution in [0.4, 0.5) is 0 Å². The van der Waals surface area contributed by atoms with Gasteiger partial charge in [-0.25, -0.2) is 0 Å². The van der Waals surface area contributed by atoms with Crippen molar-refractivity contribution in [1.82, 2.24) is 0 Å². The van der Waals surface area contributed by atoms with E-state index in [2.05, 4.69) is 13.8 Å². The Labute approximate surface area is 298 Å². The first kappa shape index (κ1) is 46.3. The summed E-state index contributed by atoms with van der Waals surface area (Å²) in [6.07, 6.45) is 42.6. The maximum Gasteiger partial charge on any atom is 0.305 e. The molecule has 0 aromatic heterocycles. The molecule has 280 valence electrons. The Kier molecular flexibility index (Phi) is 40.8. The quantitative estimate of drug-likeness (QED) is 0.0475. The van der Waals surface area contributed by atoms with E-state index in [1.165, 1.54) is 167 Å². The molecular weight excluding hydrogens is 601 g/mol. The largest absolute Gasteiger partial charge is 0.466 e. The smallest absolute Gasteiger partial charge is 0.305 e. The van der Waals surface area contributed by atoms with Crippen molar-refractivity contribution in [3.8, 4) is 0 Å². The minimum absolute atomic E-state index is 0.0303. The van der Waals surface area contributed by atoms with E-state index >= 15 is 0 Å². The summed E-state index contributed by atoms with van der Waals surface area (Å²) >= 11 is 1.93. The van der Waals surface area contributed by atoms with Crippen LogP contribution < -0.4 is 0 Å². The van der Waals surface area contributed by atoms with Crippen LogP contribution in [0.3, 0.4) is 0 Å². The van der Waals surface area contributed by atoms with Crippen molar-refractivity contribution in [2.24, 2.45) is 0 Å². The number of hydrogen-bond acceptors (Lipinski definition) is 5. The zero-order valence-corrected chi connectivity index (χ0v) is 32.7. The summed E-state index contributed by atoms with van der Waals surface area (Å²) in [5, 5.41) is 0. The highest BCUT2D eigenvalue weighted by Gasteiger charge is 2.05. The summed E-state index contributed by atoms with van der Waals surface area (Å²) in [5.41, 5.74) is 0. The van der Waals surface area contributed by atoms with E-state index < -0.39 is 0 Å². The highest BCUT2D eigenvalue weighted by Crippen LogP contribution is 2.15. The Morgan fingerprint density at radius 3 is 0.872 bits per heavy atom. The van der Waals surface area contributed by atoms with Gasteiger partial charge >= 0.3 is 11.9 Å². The number of ether oxygens (including phenoxy) is 2. The van der Waals surface area contributed by atoms with Gasteiger partial charge < -0.3 is 9.47 Å². The number of hydrogen-bond donors (Lipinski definition) is 0. The second kappa shape index (κ2) is 41.5. The highest BCUT2D eigenvalue weighted by molar-refractivity contribution is 7.99. The summed E-state index contributed by atoms with van der Waals surface area (Å²) in [4.78, 5) is 23.9. The molecule has 47 heavy (non-hydrogen) atoms. The maximum atomic E-state index is 12.0. The summed E-state index contributed by atoms with van der Waals surface area (Å²) in [7, 11) is 0. The summed E-state index contributed by atoms with van der Waals surface area (Å²) < 4.78 is 10.8. The fourth-order valence-corrected chi connectivity index (χ4v) is 7.18. The van der Waals surface area contributed by atoms with Crippen molar-refractivity contribution in [3.63, 3.8) is 0 Å². The van der Waals surface area contributed by atoms with Crippen LogP contribution >= 0.6 is 11.8 Å². The molecule has 5 heteroatoms. The average Bonchev–Trinajstić information content (AvgIpc) is 3.07. The average molecular weight is 683 g/mol. The lowest BCUT2D eigenvalue weighted by Gasteiger charge is -2.06. The fraction of sp³-hybridized carbons (Fsp3) is 0.952. The van der Waals surface area contributed by atoms with Gasteiger partial charge in [-0.05, 0) is 50.0 Å². The van der Waals surface area contributed by atoms with Gasteiger partial charge in [-0.2, -0.15) is 11.8 Å². The first-order valence-electron chi connectivity index (χ1n) is 21.1. The van der Waals surface area contributed by atoms with Gasteiger partial charge in [0.25, 0.3) is 0 Å². The van der Waals surface area contributed by atoms with E-state index in [0.29, 0.717) is 26.1 Å². The fourth-order valence-electron chi connectivity index (χ4n) is 6.16. The Morgan fingerprint density at radius 2 is 0.596 bits per heavy atom. The van der Waals surface area contributed by atoms with Gasteiger partial charge in [0.1, 0.15) is 0 Å². The van der Waals surface area contributed by atoms with Crippen LogP contribution in [0.15, 0.2) is 0 Å². The van der Waals surface area contributed by atoms with E-state index in [-0.39, 0.29) is 11.9 Å². The number of thioether (sulfide) groups is 1. The number of carbonyl (C=O) groups is 2. The van der Waals surface area contributed by atoms with Crippen molar-refractivity contribution in [2.75, 3.05) is 24.7 Å². The third kappa shape index (κ3) is 41.4. The molecule has 0 saturated carbocycles. The Bertz CT molecular complexity index is 574. The van der Waals surface area contributed by atoms with Gasteiger partial charge in [0, 0.05) is 12.8 Å². The molecule has 0 bridgehead atoms. The zero-order valence-electron chi connectivity index (χ0n) is 31.9. The van der Waals surface area contributed by atoms with Crippen LogP contribution in [0.25, 0.3) is 0 Å². The maximum absolute atomic E-state index is 12.0. The van der Waals surface area contributed by atoms with Gasteiger partial charge in [0.15, 0.2) is 0 Å². The van der Waals surface area contributed by atoms with E-state index in [9.17, 15) is 9.59 Å². The predicted molar refractivity (Wildman–Crippen MR) is 208 cm³/mol. The molecule has 0 aliphatic rings. The van der Waals surface area contributed by atoms with E-state index in [1.54, 1.807) is 0 Å². The molecule has 0 aromatic carbocycles. The minimum Gasteiger partial charge on any atom is -0.466 e. The molecule has 0 radical (unpaired) electrons. The van der Waals surface area contributed by atoms with Crippen molar-refractivity contribution < 1.29 is 19.1 Å². The molecule has 0 fully saturated rings. The normalized spacial score (nSPS) is 11.3. The standard InChI is InChI=1S/C42H82O4S/c1-3-5-7-9-11-13-15-17-19-21-23-25-27-31-37-45-41(43)35-29-33-39-47-40-34-30-36-42(44)46-38-32-28-26-24-22-20-18-16-14-12-10-8-6-4-2/h3-40H2,1-2H3. The predicted octanol–water partition coefficient (Wildman–Crippen LogP) is 14.1. The second-order valence-electron chi connectivity index (χ2n) is 14.2. The summed E-state index contributed by atoms with van der Waals surface area (Å²) in [5.74, 6) is 2.10. The number of carbonyl (C=O) groups excluding carboxylic acids is 2. The molecule has 0 rings (SSSR count). The number of rotatable bonds is 40. The minimum atomic E-state index is -0.0303. The molecule has 0 N–H and O–H groups in total. The molecule has 0 heterocycles. The molecule has 0 spiro atoms. The zero-order chi connectivity index (χ0) is 34.1. The topological polar surface area (TPSA) is 52.6 Å². The van der Waals surface area contributed by atoms with Crippen LogP contribution in [0.1, 0.15) is 232 Å². The van der Waals surface area contributed by atoms with Crippen LogP contribution in [0.5, 0.6) is 0 Å². The monoisotopic (exact) mass is 683 g/mol. The Morgan fingerprint density at radius 1 is 0.340 bits per heavy atom. The third-order valence-corrected chi connectivity index (χ3v) is 10.5. The molecule has 0 amide bonds. The van der Waals surface area contributed by atoms with Crippen LogP contribution in [0.2, 0.25) is 0 Å². The van der Waals surface area contributed by atoms with Gasteiger partial charge in [-0.3, -0.25) is 9.59 Å². The first-order chi connectivity index (χ1) is 23.2. The SMILES string of the molecule is CCCCCCCCCCCCCCCCOC(=O)CCCCSCCCCC(=O)OCCCCCCCCCCCCCCCC. The molecule has 0 aromatic rings. The van der Waals surface area contributed by atoms with Crippen molar-refractivity contribution in [1.29, 1.82) is 0 Å². The number of esters is 2. The molecule has 0 unspecified atom stereocenters. The Hall–Kier alpha value is -0.710. The summed E-state index contributed by atoms with van der Waals surface area (Å²) in [6.45, 7) is 5.74. The third-order valence-electron chi connectivity index (χ3n) is 9.36. The van der Waals surface area contributed by atoms with Gasteiger partial charge in [-0.1, -0.05) is 181 Å². The van der Waals surface area contributed by atoms with Crippen molar-refractivity contribution in [2.45, 2.75) is 232 Å². The Balaban J connectivity index is 3.23. The van der Waals surface area contributed by atoms with Crippen molar-refractivity contribution in [3.05, 3.63) is 0 Å². The van der Waals surface area contributed by atoms with Crippen LogP contribution in [-0.2, 0) is 19.1 Å². The number of unbranched alkanes of at least 4 members (excludes halogenated alkanes) is 28. The highest BCUT2D eigenvalue weighted by atomic mass is 32.2. The first-order valence-corrected chi connectivity index (χ1v) is 22.2. The summed E-state index contributed by atoms with van der Waals surface area (Å²) in [6, 6.07) is 0. The molecule has 0 saturated heterocycles. The molecule has 4 nitrogen and oxygen atoms in total.